The normalized spacial score (nSPS) is 14.6. The molecule has 0 spiro atoms. The second-order valence-electron chi connectivity index (χ2n) is 6.29. The van der Waals surface area contributed by atoms with Crippen molar-refractivity contribution in [2.24, 2.45) is 0 Å². The smallest absolute Gasteiger partial charge is 0.293 e. The highest BCUT2D eigenvalue weighted by molar-refractivity contribution is 9.10. The fourth-order valence-corrected chi connectivity index (χ4v) is 3.69. The zero-order valence-corrected chi connectivity index (χ0v) is 15.8. The summed E-state index contributed by atoms with van der Waals surface area (Å²) in [6, 6.07) is 12.5. The van der Waals surface area contributed by atoms with Crippen LogP contribution in [0.4, 0.5) is 11.4 Å². The average molecular weight is 430 g/mol. The molecule has 27 heavy (non-hydrogen) atoms. The molecule has 2 aromatic carbocycles. The topological polar surface area (TPSA) is 95.4 Å². The van der Waals surface area contributed by atoms with E-state index in [-0.39, 0.29) is 16.5 Å². The summed E-state index contributed by atoms with van der Waals surface area (Å²) in [6.45, 7) is 2.01. The first kappa shape index (κ1) is 17.5. The lowest BCUT2D eigenvalue weighted by atomic mass is 10.1. The Balaban J connectivity index is 1.51. The van der Waals surface area contributed by atoms with Gasteiger partial charge >= 0.3 is 0 Å². The SMILES string of the molecule is O=C(c1n[nH]c2ccccc12)N1CCN(c2ccc(Br)cc2[N+](=O)[O-])CC1. The third kappa shape index (κ3) is 3.25. The molecule has 1 fully saturated rings. The van der Waals surface area contributed by atoms with Gasteiger partial charge in [-0.05, 0) is 18.2 Å². The Morgan fingerprint density at radius 1 is 1.15 bits per heavy atom. The quantitative estimate of drug-likeness (QED) is 0.509. The first-order valence-corrected chi connectivity index (χ1v) is 9.25. The molecule has 4 rings (SSSR count). The number of carbonyl (C=O) groups is 1. The van der Waals surface area contributed by atoms with Crippen molar-refractivity contribution in [2.45, 2.75) is 0 Å². The summed E-state index contributed by atoms with van der Waals surface area (Å²) in [7, 11) is 0. The molecule has 9 heteroatoms. The van der Waals surface area contributed by atoms with Crippen LogP contribution in [0.15, 0.2) is 46.9 Å². The van der Waals surface area contributed by atoms with E-state index in [1.165, 1.54) is 6.07 Å². The Labute approximate surface area is 163 Å². The highest BCUT2D eigenvalue weighted by Crippen LogP contribution is 2.32. The van der Waals surface area contributed by atoms with Crippen molar-refractivity contribution in [3.8, 4) is 0 Å². The van der Waals surface area contributed by atoms with Gasteiger partial charge in [0.1, 0.15) is 5.69 Å². The summed E-state index contributed by atoms with van der Waals surface area (Å²) < 4.78 is 0.664. The number of rotatable bonds is 3. The zero-order chi connectivity index (χ0) is 19.0. The van der Waals surface area contributed by atoms with Gasteiger partial charge in [0.15, 0.2) is 5.69 Å². The van der Waals surface area contributed by atoms with E-state index < -0.39 is 0 Å². The molecule has 2 heterocycles. The van der Waals surface area contributed by atoms with Crippen molar-refractivity contribution in [3.05, 3.63) is 62.7 Å². The van der Waals surface area contributed by atoms with E-state index in [1.807, 2.05) is 29.2 Å². The summed E-state index contributed by atoms with van der Waals surface area (Å²) in [5, 5.41) is 19.2. The lowest BCUT2D eigenvalue weighted by Gasteiger charge is -2.35. The van der Waals surface area contributed by atoms with Crippen molar-refractivity contribution in [3.63, 3.8) is 0 Å². The molecule has 0 bridgehead atoms. The maximum absolute atomic E-state index is 12.8. The molecule has 0 aliphatic carbocycles. The first-order chi connectivity index (χ1) is 13.0. The predicted molar refractivity (Wildman–Crippen MR) is 105 cm³/mol. The fraction of sp³-hybridized carbons (Fsp3) is 0.222. The number of carbonyl (C=O) groups excluding carboxylic acids is 1. The molecule has 1 amide bonds. The number of nitrogens with zero attached hydrogens (tertiary/aromatic N) is 4. The predicted octanol–water partition coefficient (Wildman–Crippen LogP) is 3.20. The van der Waals surface area contributed by atoms with Gasteiger partial charge in [-0.3, -0.25) is 20.0 Å². The van der Waals surface area contributed by atoms with Crippen LogP contribution in [-0.4, -0.2) is 52.1 Å². The number of nitro groups is 1. The number of hydrogen-bond acceptors (Lipinski definition) is 5. The van der Waals surface area contributed by atoms with E-state index in [9.17, 15) is 14.9 Å². The molecule has 8 nitrogen and oxygen atoms in total. The van der Waals surface area contributed by atoms with E-state index in [0.29, 0.717) is 42.0 Å². The van der Waals surface area contributed by atoms with E-state index in [4.69, 9.17) is 0 Å². The van der Waals surface area contributed by atoms with Crippen molar-refractivity contribution in [1.29, 1.82) is 0 Å². The number of halogens is 1. The van der Waals surface area contributed by atoms with Crippen LogP contribution in [0, 0.1) is 10.1 Å². The van der Waals surface area contributed by atoms with Gasteiger partial charge in [0, 0.05) is 42.1 Å². The molecular formula is C18H16BrN5O3. The number of nitro benzene ring substituents is 1. The second kappa shape index (κ2) is 6.99. The molecule has 0 unspecified atom stereocenters. The molecule has 0 saturated carbocycles. The number of anilines is 1. The van der Waals surface area contributed by atoms with Gasteiger partial charge in [-0.15, -0.1) is 0 Å². The third-order valence-corrected chi connectivity index (χ3v) is 5.21. The van der Waals surface area contributed by atoms with Crippen molar-refractivity contribution in [2.75, 3.05) is 31.1 Å². The van der Waals surface area contributed by atoms with Gasteiger partial charge in [0.2, 0.25) is 0 Å². The number of fused-ring (bicyclic) bond motifs is 1. The second-order valence-corrected chi connectivity index (χ2v) is 7.20. The van der Waals surface area contributed by atoms with Gasteiger partial charge in [0.05, 0.1) is 10.4 Å². The molecule has 1 saturated heterocycles. The van der Waals surface area contributed by atoms with Crippen molar-refractivity contribution >= 4 is 44.1 Å². The summed E-state index contributed by atoms with van der Waals surface area (Å²) in [5.74, 6) is -0.127. The fourth-order valence-electron chi connectivity index (χ4n) is 3.34. The van der Waals surface area contributed by atoms with Crippen LogP contribution >= 0.6 is 15.9 Å². The van der Waals surface area contributed by atoms with Crippen LogP contribution in [-0.2, 0) is 0 Å². The van der Waals surface area contributed by atoms with Gasteiger partial charge in [0.25, 0.3) is 11.6 Å². The molecule has 0 atom stereocenters. The minimum absolute atomic E-state index is 0.0578. The van der Waals surface area contributed by atoms with E-state index >= 15 is 0 Å². The van der Waals surface area contributed by atoms with Crippen LogP contribution < -0.4 is 4.90 Å². The number of amides is 1. The van der Waals surface area contributed by atoms with Crippen molar-refractivity contribution in [1.82, 2.24) is 15.1 Å². The summed E-state index contributed by atoms with van der Waals surface area (Å²) in [4.78, 5) is 27.5. The van der Waals surface area contributed by atoms with Crippen LogP contribution in [0.5, 0.6) is 0 Å². The standard InChI is InChI=1S/C18H16BrN5O3/c19-12-5-6-15(16(11-12)24(26)27)22-7-9-23(10-8-22)18(25)17-13-3-1-2-4-14(13)20-21-17/h1-6,11H,7-10H2,(H,20,21). The number of H-pyrrole nitrogens is 1. The lowest BCUT2D eigenvalue weighted by molar-refractivity contribution is -0.384. The Morgan fingerprint density at radius 3 is 2.63 bits per heavy atom. The van der Waals surface area contributed by atoms with Crippen LogP contribution in [0.1, 0.15) is 10.5 Å². The molecule has 1 aliphatic heterocycles. The summed E-state index contributed by atoms with van der Waals surface area (Å²) >= 11 is 3.27. The Bertz CT molecular complexity index is 1030. The van der Waals surface area contributed by atoms with Gasteiger partial charge in [-0.1, -0.05) is 34.1 Å². The number of nitrogens with one attached hydrogen (secondary N) is 1. The van der Waals surface area contributed by atoms with E-state index in [0.717, 1.165) is 10.9 Å². The molecule has 0 radical (unpaired) electrons. The molecule has 3 aromatic rings. The largest absolute Gasteiger partial charge is 0.362 e. The summed E-state index contributed by atoms with van der Waals surface area (Å²) in [5.41, 5.74) is 1.86. The first-order valence-electron chi connectivity index (χ1n) is 8.46. The summed E-state index contributed by atoms with van der Waals surface area (Å²) in [6.07, 6.45) is 0. The van der Waals surface area contributed by atoms with Crippen LogP contribution in [0.3, 0.4) is 0 Å². The minimum atomic E-state index is -0.381. The zero-order valence-electron chi connectivity index (χ0n) is 14.3. The van der Waals surface area contributed by atoms with Crippen molar-refractivity contribution < 1.29 is 9.72 Å². The average Bonchev–Trinajstić information content (AvgIpc) is 3.11. The Morgan fingerprint density at radius 2 is 1.89 bits per heavy atom. The molecule has 1 N–H and O–H groups in total. The highest BCUT2D eigenvalue weighted by Gasteiger charge is 2.28. The number of hydrogen-bond donors (Lipinski definition) is 1. The Hall–Kier alpha value is -2.94. The maximum Gasteiger partial charge on any atom is 0.293 e. The molecule has 1 aromatic heterocycles. The molecule has 1 aliphatic rings. The van der Waals surface area contributed by atoms with Gasteiger partial charge in [-0.2, -0.15) is 5.10 Å². The monoisotopic (exact) mass is 429 g/mol. The maximum atomic E-state index is 12.8. The number of aromatic amines is 1. The lowest BCUT2D eigenvalue weighted by Crippen LogP contribution is -2.49. The third-order valence-electron chi connectivity index (χ3n) is 4.71. The molecule has 138 valence electrons. The van der Waals surface area contributed by atoms with Crippen LogP contribution in [0.25, 0.3) is 10.9 Å². The van der Waals surface area contributed by atoms with E-state index in [1.54, 1.807) is 17.0 Å². The number of piperazine rings is 1. The van der Waals surface area contributed by atoms with Gasteiger partial charge in [-0.25, -0.2) is 0 Å². The number of para-hydroxylation sites is 1. The minimum Gasteiger partial charge on any atom is -0.362 e. The Kier molecular flexibility index (Phi) is 4.53. The highest BCUT2D eigenvalue weighted by atomic mass is 79.9. The number of aromatic nitrogens is 2. The van der Waals surface area contributed by atoms with Crippen LogP contribution in [0.2, 0.25) is 0 Å². The van der Waals surface area contributed by atoms with E-state index in [2.05, 4.69) is 26.1 Å². The molecular weight excluding hydrogens is 414 g/mol. The number of benzene rings is 2. The van der Waals surface area contributed by atoms with Gasteiger partial charge < -0.3 is 9.80 Å².